The summed E-state index contributed by atoms with van der Waals surface area (Å²) in [5.41, 5.74) is 18.8. The van der Waals surface area contributed by atoms with Crippen LogP contribution >= 0.6 is 0 Å². The Morgan fingerprint density at radius 2 is 0.971 bits per heavy atom. The van der Waals surface area contributed by atoms with Gasteiger partial charge >= 0.3 is 5.97 Å². The first kappa shape index (κ1) is 59.2. The van der Waals surface area contributed by atoms with Crippen LogP contribution in [0.25, 0.3) is 0 Å². The van der Waals surface area contributed by atoms with Crippen molar-refractivity contribution in [1.29, 1.82) is 0 Å². The molecular weight excluding hydrogens is 889 g/mol. The number of aromatic amines is 1. The maximum absolute atomic E-state index is 14.4. The highest BCUT2D eigenvalue weighted by Gasteiger charge is 2.34. The summed E-state index contributed by atoms with van der Waals surface area (Å²) in [6.07, 6.45) is 6.17. The van der Waals surface area contributed by atoms with Crippen molar-refractivity contribution >= 4 is 47.3 Å². The summed E-state index contributed by atoms with van der Waals surface area (Å²) in [6.45, 7) is 13.2. The van der Waals surface area contributed by atoms with E-state index in [9.17, 15) is 43.5 Å². The molecule has 0 aliphatic carbocycles. The van der Waals surface area contributed by atoms with Crippen molar-refractivity contribution in [3.63, 3.8) is 0 Å². The highest BCUT2D eigenvalue weighted by atomic mass is 16.4. The van der Waals surface area contributed by atoms with Crippen LogP contribution in [0, 0.1) is 17.8 Å². The number of aromatic nitrogens is 2. The lowest BCUT2D eigenvalue weighted by Gasteiger charge is -2.28. The normalized spacial score (nSPS) is 14.9. The van der Waals surface area contributed by atoms with E-state index in [1.54, 1.807) is 30.3 Å². The molecule has 7 amide bonds. The molecule has 15 N–H and O–H groups in total. The summed E-state index contributed by atoms with van der Waals surface area (Å²) in [4.78, 5) is 116. The number of nitrogens with one attached hydrogen (secondary N) is 8. The molecular formula is C48H80N12O9. The van der Waals surface area contributed by atoms with Gasteiger partial charge in [0.2, 0.25) is 41.4 Å². The van der Waals surface area contributed by atoms with Crippen molar-refractivity contribution in [3.05, 3.63) is 54.1 Å². The number of carboxylic acids is 1. The number of carbonyl (C=O) groups is 8. The molecule has 0 spiro atoms. The second kappa shape index (κ2) is 31.2. The van der Waals surface area contributed by atoms with Crippen LogP contribution in [0.5, 0.6) is 0 Å². The Hall–Kier alpha value is -5.93. The Kier molecular flexibility index (Phi) is 26.8. The Balaban J connectivity index is 2.40. The monoisotopic (exact) mass is 969 g/mol. The van der Waals surface area contributed by atoms with Crippen molar-refractivity contribution in [3.8, 4) is 0 Å². The number of carboxylic acid groups (broad SMARTS) is 1. The van der Waals surface area contributed by atoms with Gasteiger partial charge in [-0.15, -0.1) is 0 Å². The van der Waals surface area contributed by atoms with Crippen LogP contribution < -0.4 is 54.4 Å². The van der Waals surface area contributed by atoms with Gasteiger partial charge in [0.25, 0.3) is 0 Å². The van der Waals surface area contributed by atoms with Gasteiger partial charge in [0.1, 0.15) is 42.3 Å². The van der Waals surface area contributed by atoms with E-state index >= 15 is 0 Å². The first-order chi connectivity index (χ1) is 32.6. The van der Waals surface area contributed by atoms with Crippen LogP contribution in [0.15, 0.2) is 42.9 Å². The molecule has 8 atom stereocenters. The number of amides is 7. The van der Waals surface area contributed by atoms with Gasteiger partial charge in [-0.1, -0.05) is 78.3 Å². The fraction of sp³-hybridized carbons (Fsp3) is 0.646. The smallest absolute Gasteiger partial charge is 0.326 e. The van der Waals surface area contributed by atoms with E-state index in [1.807, 2.05) is 41.5 Å². The van der Waals surface area contributed by atoms with E-state index in [4.69, 9.17) is 17.2 Å². The van der Waals surface area contributed by atoms with Gasteiger partial charge in [-0.25, -0.2) is 9.78 Å². The van der Waals surface area contributed by atoms with Gasteiger partial charge in [-0.05, 0) is 94.7 Å². The largest absolute Gasteiger partial charge is 0.480 e. The Labute approximate surface area is 406 Å². The van der Waals surface area contributed by atoms with Crippen LogP contribution in [-0.4, -0.2) is 124 Å². The molecule has 1 aromatic carbocycles. The summed E-state index contributed by atoms with van der Waals surface area (Å²) in [5.74, 6) is -6.20. The van der Waals surface area contributed by atoms with Crippen molar-refractivity contribution < 1.29 is 43.5 Å². The fourth-order valence-corrected chi connectivity index (χ4v) is 7.43. The van der Waals surface area contributed by atoms with Gasteiger partial charge < -0.3 is 64.5 Å². The molecule has 69 heavy (non-hydrogen) atoms. The molecule has 1 heterocycles. The third kappa shape index (κ3) is 22.8. The zero-order chi connectivity index (χ0) is 51.6. The van der Waals surface area contributed by atoms with Gasteiger partial charge in [0, 0.05) is 24.7 Å². The zero-order valence-corrected chi connectivity index (χ0v) is 41.5. The van der Waals surface area contributed by atoms with Crippen LogP contribution in [0.3, 0.4) is 0 Å². The van der Waals surface area contributed by atoms with E-state index in [-0.39, 0.29) is 56.3 Å². The highest BCUT2D eigenvalue weighted by Crippen LogP contribution is 2.13. The van der Waals surface area contributed by atoms with E-state index < -0.39 is 95.7 Å². The number of rotatable bonds is 33. The van der Waals surface area contributed by atoms with Crippen molar-refractivity contribution in [2.75, 3.05) is 13.1 Å². The predicted molar refractivity (Wildman–Crippen MR) is 261 cm³/mol. The maximum atomic E-state index is 14.4. The summed E-state index contributed by atoms with van der Waals surface area (Å²) >= 11 is 0. The molecule has 0 aliphatic heterocycles. The molecule has 0 saturated carbocycles. The third-order valence-electron chi connectivity index (χ3n) is 11.2. The number of nitrogens with two attached hydrogens (primary N) is 3. The molecule has 386 valence electrons. The Morgan fingerprint density at radius 1 is 0.536 bits per heavy atom. The van der Waals surface area contributed by atoms with E-state index in [2.05, 4.69) is 47.2 Å². The van der Waals surface area contributed by atoms with E-state index in [1.165, 1.54) is 19.4 Å². The van der Waals surface area contributed by atoms with Crippen LogP contribution in [0.4, 0.5) is 0 Å². The third-order valence-corrected chi connectivity index (χ3v) is 11.2. The quantitative estimate of drug-likeness (QED) is 0.0432. The number of imidazole rings is 1. The molecule has 1 aromatic heterocycles. The van der Waals surface area contributed by atoms with Crippen LogP contribution in [-0.2, 0) is 51.2 Å². The number of benzene rings is 1. The molecule has 0 bridgehead atoms. The number of hydrogen-bond donors (Lipinski definition) is 12. The van der Waals surface area contributed by atoms with Crippen molar-refractivity contribution in [2.45, 2.75) is 167 Å². The molecule has 21 nitrogen and oxygen atoms in total. The SMILES string of the molecule is CC(C)C[C@@H](NC(=O)[C@H](C)NC(=O)[C@@H](CC(C)C)NC(=O)[C@H](Cc1ccccc1)NC(=O)[C@@H](CC(C)C)NC(=O)[C@H](CCCCN)NC(=O)[C@@H](Cc1cnc[nH]1)NC(=O)[C@@H](N)CCCCN)C(=O)O. The molecule has 0 radical (unpaired) electrons. The molecule has 0 aliphatic rings. The average Bonchev–Trinajstić information content (AvgIpc) is 3.80. The van der Waals surface area contributed by atoms with Crippen LogP contribution in [0.1, 0.15) is 118 Å². The second-order valence-electron chi connectivity index (χ2n) is 19.0. The summed E-state index contributed by atoms with van der Waals surface area (Å²) in [7, 11) is 0. The average molecular weight is 969 g/mol. The van der Waals surface area contributed by atoms with Crippen LogP contribution in [0.2, 0.25) is 0 Å². The summed E-state index contributed by atoms with van der Waals surface area (Å²) in [6, 6.07) is -0.274. The molecule has 21 heteroatoms. The van der Waals surface area contributed by atoms with E-state index in [0.29, 0.717) is 56.5 Å². The fourth-order valence-electron chi connectivity index (χ4n) is 7.43. The lowest BCUT2D eigenvalue weighted by Crippen LogP contribution is -2.60. The van der Waals surface area contributed by atoms with Gasteiger partial charge in [-0.2, -0.15) is 0 Å². The number of nitrogens with zero attached hydrogens (tertiary/aromatic N) is 1. The molecule has 2 rings (SSSR count). The Bertz CT molecular complexity index is 1920. The molecule has 2 aromatic rings. The molecule has 0 unspecified atom stereocenters. The van der Waals surface area contributed by atoms with Gasteiger partial charge in [0.05, 0.1) is 12.4 Å². The lowest BCUT2D eigenvalue weighted by molar-refractivity contribution is -0.142. The minimum absolute atomic E-state index is 0.0000986. The Morgan fingerprint density at radius 3 is 1.48 bits per heavy atom. The second-order valence-corrected chi connectivity index (χ2v) is 19.0. The first-order valence-electron chi connectivity index (χ1n) is 24.2. The van der Waals surface area contributed by atoms with Gasteiger partial charge in [-0.3, -0.25) is 33.6 Å². The lowest BCUT2D eigenvalue weighted by atomic mass is 9.99. The standard InChI is InChI=1S/C48H80N12O9/c1-28(2)21-36(44(64)54-31(7)41(61)60-40(48(68)69)23-30(5)6)58-46(66)38(24-32-15-9-8-10-16-32)59-45(65)37(22-29(3)4)57-43(63)35(18-12-14-20-50)55-47(67)39(25-33-26-52-27-53-33)56-42(62)34(51)17-11-13-19-49/h8-10,15-16,26-31,34-40H,11-14,17-25,49-51H2,1-7H3,(H,52,53)(H,54,64)(H,55,67)(H,56,62)(H,57,63)(H,58,66)(H,59,65)(H,60,61)(H,68,69)/t31-,34-,35-,36+,37+,38-,39+,40+/m0/s1. The minimum Gasteiger partial charge on any atom is -0.480 e. The highest BCUT2D eigenvalue weighted by molar-refractivity contribution is 5.97. The number of unbranched alkanes of at least 4 members (excludes halogenated alkanes) is 2. The number of H-pyrrole nitrogens is 1. The zero-order valence-electron chi connectivity index (χ0n) is 41.5. The topological polar surface area (TPSA) is 348 Å². The first-order valence-corrected chi connectivity index (χ1v) is 24.2. The maximum Gasteiger partial charge on any atom is 0.326 e. The minimum atomic E-state index is -1.25. The van der Waals surface area contributed by atoms with Crippen molar-refractivity contribution in [1.82, 2.24) is 47.2 Å². The molecule has 0 saturated heterocycles. The van der Waals surface area contributed by atoms with Crippen molar-refractivity contribution in [2.24, 2.45) is 35.0 Å². The number of hydrogen-bond acceptors (Lipinski definition) is 12. The molecule has 0 fully saturated rings. The van der Waals surface area contributed by atoms with Gasteiger partial charge in [0.15, 0.2) is 0 Å². The summed E-state index contributed by atoms with van der Waals surface area (Å²) in [5, 5.41) is 28.6. The predicted octanol–water partition coefficient (Wildman–Crippen LogP) is 0.417. The number of carbonyl (C=O) groups excluding carboxylic acids is 7. The van der Waals surface area contributed by atoms with E-state index in [0.717, 1.165) is 0 Å². The summed E-state index contributed by atoms with van der Waals surface area (Å²) < 4.78 is 0. The number of aliphatic carboxylic acids is 1.